The molecule has 1 atom stereocenters. The predicted octanol–water partition coefficient (Wildman–Crippen LogP) is -1.73. The second-order valence-electron chi connectivity index (χ2n) is 2.38. The van der Waals surface area contributed by atoms with E-state index in [-0.39, 0.29) is 0 Å². The lowest BCUT2D eigenvalue weighted by atomic mass is 10.2. The Balaban J connectivity index is 2.47. The molecule has 1 heterocycles. The van der Waals surface area contributed by atoms with Crippen LogP contribution >= 0.6 is 0 Å². The Bertz CT molecular complexity index is 244. The maximum Gasteiger partial charge on any atom is 0.251 e. The molecule has 0 aromatic carbocycles. The predicted molar refractivity (Wildman–Crippen MR) is 42.6 cm³/mol. The van der Waals surface area contributed by atoms with Crippen LogP contribution in [0, 0.1) is 0 Å². The van der Waals surface area contributed by atoms with Gasteiger partial charge in [-0.05, 0) is 0 Å². The zero-order chi connectivity index (χ0) is 8.97. The summed E-state index contributed by atoms with van der Waals surface area (Å²) in [4.78, 5) is 17.5. The molecule has 0 aliphatic heterocycles. The smallest absolute Gasteiger partial charge is 0.251 e. The van der Waals surface area contributed by atoms with Gasteiger partial charge in [-0.1, -0.05) is 0 Å². The van der Waals surface area contributed by atoms with E-state index in [0.717, 1.165) is 5.69 Å². The van der Waals surface area contributed by atoms with Gasteiger partial charge in [0.1, 0.15) is 0 Å². The molecule has 0 aliphatic carbocycles. The van der Waals surface area contributed by atoms with Crippen LogP contribution in [0.2, 0.25) is 0 Å². The number of nitrogens with two attached hydrogens (primary N) is 2. The lowest BCUT2D eigenvalue weighted by Crippen LogP contribution is -2.45. The molecule has 6 N–H and O–H groups in total. The first-order valence-corrected chi connectivity index (χ1v) is 3.47. The van der Waals surface area contributed by atoms with Crippen LogP contribution in [-0.2, 0) is 11.2 Å². The molecular weight excluding hydrogens is 158 g/mol. The Hall–Kier alpha value is -1.40. The topological polar surface area (TPSA) is 110 Å². The van der Waals surface area contributed by atoms with E-state index in [1.165, 1.54) is 6.33 Å². The number of hydrogen-bond acceptors (Lipinski definition) is 4. The summed E-state index contributed by atoms with van der Waals surface area (Å²) in [6.07, 6.45) is 3.60. The fraction of sp³-hybridized carbons (Fsp3) is 0.333. The van der Waals surface area contributed by atoms with Crippen LogP contribution in [0.25, 0.3) is 0 Å². The maximum absolute atomic E-state index is 10.8. The van der Waals surface area contributed by atoms with Crippen molar-refractivity contribution in [3.63, 3.8) is 0 Å². The quantitative estimate of drug-likeness (QED) is 0.245. The summed E-state index contributed by atoms with van der Waals surface area (Å²) in [5.41, 5.74) is 8.19. The number of carbonyl (C=O) groups excluding carboxylic acids is 1. The average molecular weight is 169 g/mol. The SMILES string of the molecule is NNC(=O)C(N)Cc1c[nH]cn1. The van der Waals surface area contributed by atoms with Gasteiger partial charge in [-0.2, -0.15) is 0 Å². The lowest BCUT2D eigenvalue weighted by molar-refractivity contribution is -0.122. The van der Waals surface area contributed by atoms with Crippen molar-refractivity contribution < 1.29 is 4.79 Å². The zero-order valence-corrected chi connectivity index (χ0v) is 6.45. The summed E-state index contributed by atoms with van der Waals surface area (Å²) in [6, 6.07) is -0.640. The highest BCUT2D eigenvalue weighted by Crippen LogP contribution is 1.95. The third-order valence-electron chi connectivity index (χ3n) is 1.46. The Morgan fingerprint density at radius 2 is 2.58 bits per heavy atom. The highest BCUT2D eigenvalue weighted by Gasteiger charge is 2.12. The first kappa shape index (κ1) is 8.69. The van der Waals surface area contributed by atoms with Crippen molar-refractivity contribution in [1.29, 1.82) is 0 Å². The fourth-order valence-corrected chi connectivity index (χ4v) is 0.828. The van der Waals surface area contributed by atoms with Crippen molar-refractivity contribution in [2.75, 3.05) is 0 Å². The van der Waals surface area contributed by atoms with E-state index < -0.39 is 11.9 Å². The number of hydrazine groups is 1. The van der Waals surface area contributed by atoms with Crippen molar-refractivity contribution in [3.05, 3.63) is 18.2 Å². The number of nitrogens with one attached hydrogen (secondary N) is 2. The minimum Gasteiger partial charge on any atom is -0.351 e. The summed E-state index contributed by atoms with van der Waals surface area (Å²) >= 11 is 0. The molecule has 1 aromatic heterocycles. The normalized spacial score (nSPS) is 12.5. The minimum atomic E-state index is -0.640. The van der Waals surface area contributed by atoms with Crippen LogP contribution in [0.15, 0.2) is 12.5 Å². The average Bonchev–Trinajstić information content (AvgIpc) is 2.55. The molecule has 0 fully saturated rings. The summed E-state index contributed by atoms with van der Waals surface area (Å²) in [5, 5.41) is 0. The summed E-state index contributed by atoms with van der Waals surface area (Å²) in [6.45, 7) is 0. The number of hydrogen-bond donors (Lipinski definition) is 4. The number of carbonyl (C=O) groups is 1. The number of nitrogens with zero attached hydrogens (tertiary/aromatic N) is 1. The number of rotatable bonds is 3. The molecule has 1 amide bonds. The van der Waals surface area contributed by atoms with Crippen LogP contribution < -0.4 is 17.0 Å². The molecule has 6 heteroatoms. The van der Waals surface area contributed by atoms with Gasteiger partial charge in [0.2, 0.25) is 0 Å². The summed E-state index contributed by atoms with van der Waals surface area (Å²) in [5.74, 6) is 4.50. The first-order valence-electron chi connectivity index (χ1n) is 3.47. The van der Waals surface area contributed by atoms with E-state index in [0.29, 0.717) is 6.42 Å². The van der Waals surface area contributed by atoms with Crippen LogP contribution in [0.3, 0.4) is 0 Å². The molecule has 6 nitrogen and oxygen atoms in total. The van der Waals surface area contributed by atoms with Crippen molar-refractivity contribution in [2.45, 2.75) is 12.5 Å². The summed E-state index contributed by atoms with van der Waals surface area (Å²) < 4.78 is 0. The standard InChI is InChI=1S/C6H11N5O/c7-5(6(12)11-8)1-4-2-9-3-10-4/h2-3,5H,1,7-8H2,(H,9,10)(H,11,12). The Labute approximate surface area is 69.3 Å². The number of amides is 1. The van der Waals surface area contributed by atoms with Crippen molar-refractivity contribution in [2.24, 2.45) is 11.6 Å². The molecule has 1 aromatic rings. The van der Waals surface area contributed by atoms with Gasteiger partial charge in [0.25, 0.3) is 5.91 Å². The third-order valence-corrected chi connectivity index (χ3v) is 1.46. The van der Waals surface area contributed by atoms with Crippen molar-refractivity contribution >= 4 is 5.91 Å². The Kier molecular flexibility index (Phi) is 2.78. The molecule has 0 radical (unpaired) electrons. The molecule has 0 aliphatic rings. The van der Waals surface area contributed by atoms with Crippen LogP contribution in [0.4, 0.5) is 0 Å². The molecule has 1 rings (SSSR count). The number of aromatic nitrogens is 2. The molecule has 0 spiro atoms. The first-order chi connectivity index (χ1) is 5.74. The Morgan fingerprint density at radius 3 is 3.08 bits per heavy atom. The molecule has 0 saturated heterocycles. The number of aromatic amines is 1. The molecular formula is C6H11N5O. The van der Waals surface area contributed by atoms with E-state index in [1.54, 1.807) is 6.20 Å². The van der Waals surface area contributed by atoms with Gasteiger partial charge >= 0.3 is 0 Å². The van der Waals surface area contributed by atoms with E-state index in [1.807, 2.05) is 5.43 Å². The molecule has 66 valence electrons. The highest BCUT2D eigenvalue weighted by molar-refractivity contribution is 5.81. The monoisotopic (exact) mass is 169 g/mol. The van der Waals surface area contributed by atoms with Gasteiger partial charge in [-0.25, -0.2) is 10.8 Å². The van der Waals surface area contributed by atoms with Gasteiger partial charge in [-0.15, -0.1) is 0 Å². The van der Waals surface area contributed by atoms with Crippen LogP contribution in [-0.4, -0.2) is 21.9 Å². The molecule has 12 heavy (non-hydrogen) atoms. The van der Waals surface area contributed by atoms with Crippen molar-refractivity contribution in [1.82, 2.24) is 15.4 Å². The molecule has 1 unspecified atom stereocenters. The van der Waals surface area contributed by atoms with Gasteiger partial charge in [0, 0.05) is 12.6 Å². The van der Waals surface area contributed by atoms with Gasteiger partial charge in [0.05, 0.1) is 18.1 Å². The molecule has 0 saturated carbocycles. The maximum atomic E-state index is 10.8. The second-order valence-corrected chi connectivity index (χ2v) is 2.38. The number of H-pyrrole nitrogens is 1. The van der Waals surface area contributed by atoms with Gasteiger partial charge in [0.15, 0.2) is 0 Å². The Morgan fingerprint density at radius 1 is 1.83 bits per heavy atom. The number of imidazole rings is 1. The van der Waals surface area contributed by atoms with Gasteiger partial charge < -0.3 is 10.7 Å². The highest BCUT2D eigenvalue weighted by atomic mass is 16.2. The van der Waals surface area contributed by atoms with Gasteiger partial charge in [-0.3, -0.25) is 10.2 Å². The minimum absolute atomic E-state index is 0.381. The van der Waals surface area contributed by atoms with Crippen LogP contribution in [0.5, 0.6) is 0 Å². The fourth-order valence-electron chi connectivity index (χ4n) is 0.828. The third kappa shape index (κ3) is 2.04. The zero-order valence-electron chi connectivity index (χ0n) is 6.45. The molecule has 0 bridgehead atoms. The van der Waals surface area contributed by atoms with Crippen molar-refractivity contribution in [3.8, 4) is 0 Å². The van der Waals surface area contributed by atoms with E-state index in [4.69, 9.17) is 11.6 Å². The van der Waals surface area contributed by atoms with E-state index >= 15 is 0 Å². The second kappa shape index (κ2) is 3.84. The van der Waals surface area contributed by atoms with Crippen LogP contribution in [0.1, 0.15) is 5.69 Å². The van der Waals surface area contributed by atoms with E-state index in [9.17, 15) is 4.79 Å². The largest absolute Gasteiger partial charge is 0.351 e. The lowest BCUT2D eigenvalue weighted by Gasteiger charge is -2.06. The van der Waals surface area contributed by atoms with E-state index in [2.05, 4.69) is 9.97 Å². The summed E-state index contributed by atoms with van der Waals surface area (Å²) in [7, 11) is 0.